The first-order valence-corrected chi connectivity index (χ1v) is 8.11. The van der Waals surface area contributed by atoms with Gasteiger partial charge in [-0.25, -0.2) is 4.98 Å². The smallest absolute Gasteiger partial charge is 0.229 e. The zero-order valence-electron chi connectivity index (χ0n) is 12.0. The summed E-state index contributed by atoms with van der Waals surface area (Å²) in [5.74, 6) is 1.88. The third kappa shape index (κ3) is 3.47. The zero-order valence-corrected chi connectivity index (χ0v) is 12.8. The molecule has 0 spiro atoms. The summed E-state index contributed by atoms with van der Waals surface area (Å²) in [6.45, 7) is 3.36. The van der Waals surface area contributed by atoms with E-state index in [9.17, 15) is 4.79 Å². The third-order valence-corrected chi connectivity index (χ3v) is 4.45. The van der Waals surface area contributed by atoms with Gasteiger partial charge in [0, 0.05) is 30.8 Å². The van der Waals surface area contributed by atoms with Crippen LogP contribution >= 0.6 is 11.3 Å². The Morgan fingerprint density at radius 3 is 2.90 bits per heavy atom. The zero-order chi connectivity index (χ0) is 14.7. The highest BCUT2D eigenvalue weighted by Gasteiger charge is 2.26. The molecule has 7 heteroatoms. The molecule has 1 aliphatic rings. The standard InChI is InChI=1S/C14H18N4O2S/c1-10-16-14(20-17-10)11-4-6-18(7-5-11)13(19)3-2-12-8-21-9-15-12/h8-9,11H,2-7H2,1H3. The number of carbonyl (C=O) groups excluding carboxylic acids is 1. The maximum atomic E-state index is 12.2. The van der Waals surface area contributed by atoms with Gasteiger partial charge in [0.25, 0.3) is 0 Å². The summed E-state index contributed by atoms with van der Waals surface area (Å²) < 4.78 is 5.22. The molecule has 1 aliphatic heterocycles. The molecular formula is C14H18N4O2S. The highest BCUT2D eigenvalue weighted by Crippen LogP contribution is 2.27. The highest BCUT2D eigenvalue weighted by atomic mass is 32.1. The molecule has 0 N–H and O–H groups in total. The average molecular weight is 306 g/mol. The van der Waals surface area contributed by atoms with Crippen molar-refractivity contribution in [3.63, 3.8) is 0 Å². The topological polar surface area (TPSA) is 72.1 Å². The van der Waals surface area contributed by atoms with Gasteiger partial charge in [-0.1, -0.05) is 5.16 Å². The number of likely N-dealkylation sites (tertiary alicyclic amines) is 1. The Morgan fingerprint density at radius 2 is 2.29 bits per heavy atom. The first-order chi connectivity index (χ1) is 10.2. The van der Waals surface area contributed by atoms with E-state index in [1.807, 2.05) is 17.2 Å². The van der Waals surface area contributed by atoms with Crippen LogP contribution in [-0.2, 0) is 11.2 Å². The van der Waals surface area contributed by atoms with Gasteiger partial charge in [0.15, 0.2) is 5.82 Å². The normalized spacial score (nSPS) is 16.3. The lowest BCUT2D eigenvalue weighted by atomic mass is 9.96. The largest absolute Gasteiger partial charge is 0.343 e. The van der Waals surface area contributed by atoms with Crippen molar-refractivity contribution in [3.05, 3.63) is 28.3 Å². The second-order valence-electron chi connectivity index (χ2n) is 5.31. The molecule has 1 amide bonds. The molecule has 2 aromatic rings. The number of piperidine rings is 1. The molecule has 0 radical (unpaired) electrons. The van der Waals surface area contributed by atoms with E-state index in [1.54, 1.807) is 16.8 Å². The number of carbonyl (C=O) groups is 1. The number of nitrogens with zero attached hydrogens (tertiary/aromatic N) is 4. The van der Waals surface area contributed by atoms with Crippen LogP contribution < -0.4 is 0 Å². The molecular weight excluding hydrogens is 288 g/mol. The first kappa shape index (κ1) is 14.2. The highest BCUT2D eigenvalue weighted by molar-refractivity contribution is 7.07. The van der Waals surface area contributed by atoms with E-state index in [0.717, 1.165) is 38.0 Å². The van der Waals surface area contributed by atoms with Crippen LogP contribution in [0.1, 0.15) is 42.6 Å². The van der Waals surface area contributed by atoms with Crippen LogP contribution in [0.5, 0.6) is 0 Å². The summed E-state index contributed by atoms with van der Waals surface area (Å²) in [4.78, 5) is 22.6. The number of hydrogen-bond acceptors (Lipinski definition) is 6. The Hall–Kier alpha value is -1.76. The molecule has 0 unspecified atom stereocenters. The number of aryl methyl sites for hydroxylation is 2. The Kier molecular flexibility index (Phi) is 4.28. The van der Waals surface area contributed by atoms with E-state index < -0.39 is 0 Å². The van der Waals surface area contributed by atoms with Crippen LogP contribution in [0.25, 0.3) is 0 Å². The minimum Gasteiger partial charge on any atom is -0.343 e. The second kappa shape index (κ2) is 6.34. The summed E-state index contributed by atoms with van der Waals surface area (Å²) in [6, 6.07) is 0. The first-order valence-electron chi connectivity index (χ1n) is 7.17. The van der Waals surface area contributed by atoms with Crippen molar-refractivity contribution >= 4 is 17.2 Å². The summed E-state index contributed by atoms with van der Waals surface area (Å²) >= 11 is 1.57. The number of thiazole rings is 1. The Bertz CT molecular complexity index is 588. The predicted molar refractivity (Wildman–Crippen MR) is 78.0 cm³/mol. The number of amides is 1. The molecule has 112 valence electrons. The van der Waals surface area contributed by atoms with Crippen molar-refractivity contribution in [1.29, 1.82) is 0 Å². The molecule has 2 aromatic heterocycles. The lowest BCUT2D eigenvalue weighted by molar-refractivity contribution is -0.132. The maximum Gasteiger partial charge on any atom is 0.229 e. The summed E-state index contributed by atoms with van der Waals surface area (Å²) in [5.41, 5.74) is 2.81. The molecule has 3 heterocycles. The van der Waals surface area contributed by atoms with Crippen molar-refractivity contribution in [1.82, 2.24) is 20.0 Å². The molecule has 6 nitrogen and oxygen atoms in total. The summed E-state index contributed by atoms with van der Waals surface area (Å²) in [6.07, 6.45) is 3.05. The number of hydrogen-bond donors (Lipinski definition) is 0. The van der Waals surface area contributed by atoms with Crippen molar-refractivity contribution in [2.45, 2.75) is 38.5 Å². The number of rotatable bonds is 4. The van der Waals surface area contributed by atoms with Gasteiger partial charge in [-0.3, -0.25) is 4.79 Å². The van der Waals surface area contributed by atoms with Gasteiger partial charge in [-0.05, 0) is 26.2 Å². The lowest BCUT2D eigenvalue weighted by Gasteiger charge is -2.30. The van der Waals surface area contributed by atoms with Gasteiger partial charge >= 0.3 is 0 Å². The maximum absolute atomic E-state index is 12.2. The lowest BCUT2D eigenvalue weighted by Crippen LogP contribution is -2.38. The average Bonchev–Trinajstić information content (AvgIpc) is 3.16. The Morgan fingerprint density at radius 1 is 1.48 bits per heavy atom. The van der Waals surface area contributed by atoms with Gasteiger partial charge < -0.3 is 9.42 Å². The summed E-state index contributed by atoms with van der Waals surface area (Å²) in [5, 5.41) is 5.83. The molecule has 0 aliphatic carbocycles. The van der Waals surface area contributed by atoms with E-state index in [-0.39, 0.29) is 11.8 Å². The van der Waals surface area contributed by atoms with Crippen molar-refractivity contribution < 1.29 is 9.32 Å². The summed E-state index contributed by atoms with van der Waals surface area (Å²) in [7, 11) is 0. The van der Waals surface area contributed by atoms with Crippen molar-refractivity contribution in [3.8, 4) is 0 Å². The van der Waals surface area contributed by atoms with Crippen LogP contribution in [0.4, 0.5) is 0 Å². The minimum absolute atomic E-state index is 0.211. The molecule has 3 rings (SSSR count). The van der Waals surface area contributed by atoms with Crippen LogP contribution in [0.3, 0.4) is 0 Å². The van der Waals surface area contributed by atoms with E-state index in [4.69, 9.17) is 4.52 Å². The third-order valence-electron chi connectivity index (χ3n) is 3.82. The molecule has 21 heavy (non-hydrogen) atoms. The van der Waals surface area contributed by atoms with Crippen LogP contribution in [0.15, 0.2) is 15.4 Å². The second-order valence-corrected chi connectivity index (χ2v) is 6.03. The van der Waals surface area contributed by atoms with E-state index in [2.05, 4.69) is 15.1 Å². The van der Waals surface area contributed by atoms with E-state index >= 15 is 0 Å². The molecule has 0 aromatic carbocycles. The van der Waals surface area contributed by atoms with Gasteiger partial charge in [0.2, 0.25) is 11.8 Å². The number of aromatic nitrogens is 3. The van der Waals surface area contributed by atoms with Crippen molar-refractivity contribution in [2.24, 2.45) is 0 Å². The van der Waals surface area contributed by atoms with Crippen LogP contribution in [-0.4, -0.2) is 39.0 Å². The van der Waals surface area contributed by atoms with E-state index in [1.165, 1.54) is 0 Å². The van der Waals surface area contributed by atoms with Crippen LogP contribution in [0, 0.1) is 6.92 Å². The van der Waals surface area contributed by atoms with Gasteiger partial charge in [-0.2, -0.15) is 4.98 Å². The fourth-order valence-corrected chi connectivity index (χ4v) is 3.20. The molecule has 0 bridgehead atoms. The molecule has 1 saturated heterocycles. The van der Waals surface area contributed by atoms with E-state index in [0.29, 0.717) is 18.1 Å². The SMILES string of the molecule is Cc1noc(C2CCN(C(=O)CCc3cscn3)CC2)n1. The fraction of sp³-hybridized carbons (Fsp3) is 0.571. The van der Waals surface area contributed by atoms with Crippen molar-refractivity contribution in [2.75, 3.05) is 13.1 Å². The fourth-order valence-electron chi connectivity index (χ4n) is 2.61. The Balaban J connectivity index is 1.47. The molecule has 0 atom stereocenters. The van der Waals surface area contributed by atoms with Gasteiger partial charge in [0.05, 0.1) is 11.2 Å². The van der Waals surface area contributed by atoms with Gasteiger partial charge in [0.1, 0.15) is 0 Å². The monoisotopic (exact) mass is 306 g/mol. The molecule has 0 saturated carbocycles. The van der Waals surface area contributed by atoms with Crippen LogP contribution in [0.2, 0.25) is 0 Å². The predicted octanol–water partition coefficient (Wildman–Crippen LogP) is 2.17. The minimum atomic E-state index is 0.211. The quantitative estimate of drug-likeness (QED) is 0.865. The molecule has 1 fully saturated rings. The van der Waals surface area contributed by atoms with Gasteiger partial charge in [-0.15, -0.1) is 11.3 Å². The Labute approximate surface area is 127 Å².